The summed E-state index contributed by atoms with van der Waals surface area (Å²) in [6.07, 6.45) is 7.67. The second-order valence-corrected chi connectivity index (χ2v) is 6.00. The van der Waals surface area contributed by atoms with E-state index >= 15 is 0 Å². The van der Waals surface area contributed by atoms with E-state index in [4.69, 9.17) is 4.52 Å². The van der Waals surface area contributed by atoms with E-state index < -0.39 is 7.37 Å². The van der Waals surface area contributed by atoms with E-state index in [0.717, 1.165) is 19.3 Å². The quantitative estimate of drug-likeness (QED) is 0.332. The van der Waals surface area contributed by atoms with Crippen LogP contribution in [-0.2, 0) is 9.09 Å². The van der Waals surface area contributed by atoms with Crippen molar-refractivity contribution in [1.82, 2.24) is 0 Å². The number of hydrogen-bond donors (Lipinski definition) is 0. The van der Waals surface area contributed by atoms with Gasteiger partial charge in [0.2, 0.25) is 7.37 Å². The van der Waals surface area contributed by atoms with Gasteiger partial charge in [0.15, 0.2) is 0 Å². The highest BCUT2D eigenvalue weighted by Crippen LogP contribution is 2.47. The van der Waals surface area contributed by atoms with Crippen LogP contribution in [0.1, 0.15) is 26.2 Å². The zero-order chi connectivity index (χ0) is 10.9. The Morgan fingerprint density at radius 1 is 1.29 bits per heavy atom. The Morgan fingerprint density at radius 2 is 2.00 bits per heavy atom. The van der Waals surface area contributed by atoms with Crippen LogP contribution in [0.2, 0.25) is 0 Å². The standard InChI is InChI=1S/C11H21O2P/c1-4-7-8-11-14(12,10-6-3)13-9-5-2/h5-6H,2-4,7-11H2,1H3. The minimum absolute atomic E-state index is 0.372. The van der Waals surface area contributed by atoms with Gasteiger partial charge in [0, 0.05) is 12.3 Å². The van der Waals surface area contributed by atoms with Gasteiger partial charge in [0.05, 0.1) is 6.61 Å². The summed E-state index contributed by atoms with van der Waals surface area (Å²) in [6.45, 7) is 9.65. The van der Waals surface area contributed by atoms with Crippen LogP contribution in [-0.4, -0.2) is 18.9 Å². The molecule has 0 amide bonds. The molecule has 0 aromatic rings. The third-order valence-electron chi connectivity index (χ3n) is 1.94. The van der Waals surface area contributed by atoms with Crippen molar-refractivity contribution in [1.29, 1.82) is 0 Å². The fraction of sp³-hybridized carbons (Fsp3) is 0.636. The highest BCUT2D eigenvalue weighted by atomic mass is 31.2. The van der Waals surface area contributed by atoms with Crippen LogP contribution < -0.4 is 0 Å². The molecular formula is C11H21O2P. The number of allylic oxidation sites excluding steroid dienone is 1. The molecule has 0 saturated carbocycles. The number of rotatable bonds is 9. The van der Waals surface area contributed by atoms with Crippen molar-refractivity contribution in [2.75, 3.05) is 18.9 Å². The van der Waals surface area contributed by atoms with E-state index in [9.17, 15) is 4.57 Å². The van der Waals surface area contributed by atoms with Crippen molar-refractivity contribution >= 4 is 7.37 Å². The molecule has 3 heteroatoms. The largest absolute Gasteiger partial charge is 0.324 e. The molecule has 0 aliphatic carbocycles. The highest BCUT2D eigenvalue weighted by molar-refractivity contribution is 7.59. The molecule has 1 atom stereocenters. The predicted molar refractivity (Wildman–Crippen MR) is 63.2 cm³/mol. The molecule has 0 heterocycles. The molecule has 1 unspecified atom stereocenters. The van der Waals surface area contributed by atoms with Crippen molar-refractivity contribution in [3.8, 4) is 0 Å². The maximum atomic E-state index is 12.1. The predicted octanol–water partition coefficient (Wildman–Crippen LogP) is 3.84. The van der Waals surface area contributed by atoms with Gasteiger partial charge in [-0.1, -0.05) is 31.9 Å². The van der Waals surface area contributed by atoms with Gasteiger partial charge >= 0.3 is 0 Å². The fourth-order valence-corrected chi connectivity index (χ4v) is 3.09. The van der Waals surface area contributed by atoms with Crippen LogP contribution in [0, 0.1) is 0 Å². The van der Waals surface area contributed by atoms with E-state index in [1.807, 2.05) is 0 Å². The first-order chi connectivity index (χ1) is 6.68. The molecule has 0 aromatic heterocycles. The smallest absolute Gasteiger partial charge is 0.207 e. The third-order valence-corrected chi connectivity index (χ3v) is 4.37. The lowest BCUT2D eigenvalue weighted by atomic mass is 10.3. The van der Waals surface area contributed by atoms with Gasteiger partial charge in [-0.25, -0.2) is 0 Å². The summed E-state index contributed by atoms with van der Waals surface area (Å²) >= 11 is 0. The molecule has 0 N–H and O–H groups in total. The van der Waals surface area contributed by atoms with Gasteiger partial charge in [-0.15, -0.1) is 13.2 Å². The summed E-state index contributed by atoms with van der Waals surface area (Å²) in [5.41, 5.74) is 0. The minimum Gasteiger partial charge on any atom is -0.324 e. The zero-order valence-corrected chi connectivity index (χ0v) is 9.97. The summed E-state index contributed by atoms with van der Waals surface area (Å²) in [5, 5.41) is 0. The van der Waals surface area contributed by atoms with Crippen LogP contribution in [0.4, 0.5) is 0 Å². The topological polar surface area (TPSA) is 26.3 Å². The molecule has 0 aliphatic rings. The lowest BCUT2D eigenvalue weighted by molar-refractivity contribution is 0.353. The van der Waals surface area contributed by atoms with Gasteiger partial charge < -0.3 is 4.52 Å². The number of unbranched alkanes of at least 4 members (excludes halogenated alkanes) is 2. The van der Waals surface area contributed by atoms with Gasteiger partial charge in [-0.3, -0.25) is 4.57 Å². The lowest BCUT2D eigenvalue weighted by Crippen LogP contribution is -1.99. The van der Waals surface area contributed by atoms with Crippen LogP contribution in [0.3, 0.4) is 0 Å². The highest BCUT2D eigenvalue weighted by Gasteiger charge is 2.19. The van der Waals surface area contributed by atoms with Crippen molar-refractivity contribution in [2.45, 2.75) is 26.2 Å². The number of hydrogen-bond acceptors (Lipinski definition) is 2. The Labute approximate surface area is 87.5 Å². The molecule has 82 valence electrons. The fourth-order valence-electron chi connectivity index (χ4n) is 1.20. The maximum absolute atomic E-state index is 12.1. The minimum atomic E-state index is -2.45. The van der Waals surface area contributed by atoms with Crippen LogP contribution in [0.5, 0.6) is 0 Å². The Balaban J connectivity index is 4.01. The van der Waals surface area contributed by atoms with Crippen LogP contribution in [0.25, 0.3) is 0 Å². The van der Waals surface area contributed by atoms with E-state index in [0.29, 0.717) is 18.9 Å². The molecule has 0 radical (unpaired) electrons. The third kappa shape index (κ3) is 6.17. The molecule has 0 aliphatic heterocycles. The van der Waals surface area contributed by atoms with E-state index in [-0.39, 0.29) is 0 Å². The molecule has 0 fully saturated rings. The first kappa shape index (κ1) is 13.7. The second kappa shape index (κ2) is 8.02. The first-order valence-electron chi connectivity index (χ1n) is 5.13. The second-order valence-electron chi connectivity index (χ2n) is 3.30. The molecular weight excluding hydrogens is 195 g/mol. The molecule has 2 nitrogen and oxygen atoms in total. The van der Waals surface area contributed by atoms with Crippen molar-refractivity contribution in [2.24, 2.45) is 0 Å². The summed E-state index contributed by atoms with van der Waals surface area (Å²) in [7, 11) is -2.45. The van der Waals surface area contributed by atoms with E-state index in [1.165, 1.54) is 0 Å². The monoisotopic (exact) mass is 216 g/mol. The van der Waals surface area contributed by atoms with Gasteiger partial charge in [-0.2, -0.15) is 0 Å². The average Bonchev–Trinajstić information content (AvgIpc) is 2.16. The molecule has 0 aromatic carbocycles. The Kier molecular flexibility index (Phi) is 7.83. The molecule has 14 heavy (non-hydrogen) atoms. The maximum Gasteiger partial charge on any atom is 0.207 e. The molecule has 0 saturated heterocycles. The zero-order valence-electron chi connectivity index (χ0n) is 9.08. The first-order valence-corrected chi connectivity index (χ1v) is 7.12. The van der Waals surface area contributed by atoms with Crippen molar-refractivity contribution < 1.29 is 9.09 Å². The summed E-state index contributed by atoms with van der Waals surface area (Å²) in [5.74, 6) is 0. The average molecular weight is 216 g/mol. The summed E-state index contributed by atoms with van der Waals surface area (Å²) < 4.78 is 17.4. The Bertz CT molecular complexity index is 211. The summed E-state index contributed by atoms with van der Waals surface area (Å²) in [6, 6.07) is 0. The normalized spacial score (nSPS) is 14.6. The van der Waals surface area contributed by atoms with Crippen LogP contribution in [0.15, 0.2) is 25.3 Å². The molecule has 0 bridgehead atoms. The van der Waals surface area contributed by atoms with E-state index in [1.54, 1.807) is 12.2 Å². The SMILES string of the molecule is C=CCOP(=O)(CC=C)CCCCC. The van der Waals surface area contributed by atoms with Gasteiger partial charge in [0.25, 0.3) is 0 Å². The Morgan fingerprint density at radius 3 is 2.50 bits per heavy atom. The van der Waals surface area contributed by atoms with Crippen molar-refractivity contribution in [3.63, 3.8) is 0 Å². The molecule has 0 rings (SSSR count). The van der Waals surface area contributed by atoms with Crippen LogP contribution >= 0.6 is 7.37 Å². The van der Waals surface area contributed by atoms with E-state index in [2.05, 4.69) is 20.1 Å². The van der Waals surface area contributed by atoms with Gasteiger partial charge in [-0.05, 0) is 6.42 Å². The molecule has 0 spiro atoms. The Hall–Kier alpha value is -0.330. The summed E-state index contributed by atoms with van der Waals surface area (Å²) in [4.78, 5) is 0. The van der Waals surface area contributed by atoms with Crippen molar-refractivity contribution in [3.05, 3.63) is 25.3 Å². The van der Waals surface area contributed by atoms with Gasteiger partial charge in [0.1, 0.15) is 0 Å². The lowest BCUT2D eigenvalue weighted by Gasteiger charge is -2.15.